The predicted molar refractivity (Wildman–Crippen MR) is 77.7 cm³/mol. The predicted octanol–water partition coefficient (Wildman–Crippen LogP) is 2.39. The number of fused-ring (bicyclic) bond motifs is 1. The highest BCUT2D eigenvalue weighted by Crippen LogP contribution is 2.36. The third-order valence-corrected chi connectivity index (χ3v) is 5.07. The second kappa shape index (κ2) is 5.31. The van der Waals surface area contributed by atoms with E-state index >= 15 is 0 Å². The summed E-state index contributed by atoms with van der Waals surface area (Å²) in [6.07, 6.45) is 0. The molecule has 2 heterocycles. The number of hydrogen-bond acceptors (Lipinski definition) is 3. The lowest BCUT2D eigenvalue weighted by Crippen LogP contribution is -2.32. The first kappa shape index (κ1) is 13.2. The van der Waals surface area contributed by atoms with Crippen molar-refractivity contribution in [1.29, 1.82) is 0 Å². The Morgan fingerprint density at radius 2 is 2.26 bits per heavy atom. The molecular weight excluding hydrogens is 260 g/mol. The molecule has 19 heavy (non-hydrogen) atoms. The van der Waals surface area contributed by atoms with E-state index in [0.29, 0.717) is 6.04 Å². The second-order valence-corrected chi connectivity index (χ2v) is 6.08. The summed E-state index contributed by atoms with van der Waals surface area (Å²) in [5, 5.41) is 4.30. The quantitative estimate of drug-likeness (QED) is 0.920. The van der Waals surface area contributed by atoms with Gasteiger partial charge in [-0.1, -0.05) is 17.7 Å². The number of benzene rings is 1. The Morgan fingerprint density at radius 1 is 1.42 bits per heavy atom. The summed E-state index contributed by atoms with van der Waals surface area (Å²) in [5.74, 6) is 2.48. The van der Waals surface area contributed by atoms with Crippen LogP contribution in [0, 0.1) is 11.8 Å². The fraction of sp³-hybridized carbons (Fsp3) is 0.600. The van der Waals surface area contributed by atoms with Crippen LogP contribution in [-0.2, 0) is 6.54 Å². The van der Waals surface area contributed by atoms with E-state index < -0.39 is 0 Å². The first-order chi connectivity index (χ1) is 9.20. The van der Waals surface area contributed by atoms with Gasteiger partial charge in [-0.2, -0.15) is 0 Å². The molecule has 1 aromatic carbocycles. The van der Waals surface area contributed by atoms with Crippen LogP contribution in [0.3, 0.4) is 0 Å². The molecule has 3 rings (SSSR count). The van der Waals surface area contributed by atoms with Crippen LogP contribution in [0.2, 0.25) is 5.02 Å². The van der Waals surface area contributed by atoms with E-state index in [1.54, 1.807) is 7.11 Å². The van der Waals surface area contributed by atoms with E-state index in [1.165, 1.54) is 0 Å². The molecule has 0 amide bonds. The zero-order valence-electron chi connectivity index (χ0n) is 11.5. The molecule has 1 N–H and O–H groups in total. The maximum Gasteiger partial charge on any atom is 0.124 e. The van der Waals surface area contributed by atoms with Crippen molar-refractivity contribution >= 4 is 11.6 Å². The summed E-state index contributed by atoms with van der Waals surface area (Å²) < 4.78 is 5.44. The van der Waals surface area contributed by atoms with E-state index in [4.69, 9.17) is 16.3 Å². The first-order valence-corrected chi connectivity index (χ1v) is 7.34. The Balaban J connectivity index is 1.79. The van der Waals surface area contributed by atoms with Crippen molar-refractivity contribution in [2.45, 2.75) is 19.5 Å². The summed E-state index contributed by atoms with van der Waals surface area (Å²) in [7, 11) is 1.71. The summed E-state index contributed by atoms with van der Waals surface area (Å²) in [4.78, 5) is 2.54. The van der Waals surface area contributed by atoms with Gasteiger partial charge in [-0.05, 0) is 44.0 Å². The van der Waals surface area contributed by atoms with Gasteiger partial charge >= 0.3 is 0 Å². The van der Waals surface area contributed by atoms with Gasteiger partial charge in [0.2, 0.25) is 0 Å². The van der Waals surface area contributed by atoms with E-state index in [1.807, 2.05) is 18.2 Å². The molecular formula is C15H21ClN2O. The number of methoxy groups -OCH3 is 1. The van der Waals surface area contributed by atoms with Crippen molar-refractivity contribution in [3.8, 4) is 5.75 Å². The molecule has 3 nitrogen and oxygen atoms in total. The molecule has 2 fully saturated rings. The highest BCUT2D eigenvalue weighted by atomic mass is 35.5. The van der Waals surface area contributed by atoms with Crippen LogP contribution < -0.4 is 10.1 Å². The standard InChI is InChI=1S/C15H21ClN2O/c1-10-12-7-17-6-11(12)8-18(10)9-13-14(16)4-3-5-15(13)19-2/h3-5,10-12,17H,6-9H2,1-2H3. The molecule has 0 aliphatic carbocycles. The number of likely N-dealkylation sites (tertiary alicyclic amines) is 1. The number of nitrogens with one attached hydrogen (secondary N) is 1. The van der Waals surface area contributed by atoms with Gasteiger partial charge in [0.15, 0.2) is 0 Å². The zero-order valence-corrected chi connectivity index (χ0v) is 12.3. The lowest BCUT2D eigenvalue weighted by Gasteiger charge is -2.25. The maximum absolute atomic E-state index is 6.34. The molecule has 2 aliphatic rings. The Bertz CT molecular complexity index is 465. The lowest BCUT2D eigenvalue weighted by atomic mass is 9.95. The topological polar surface area (TPSA) is 24.5 Å². The molecule has 3 atom stereocenters. The number of nitrogens with zero attached hydrogens (tertiary/aromatic N) is 1. The smallest absolute Gasteiger partial charge is 0.124 e. The average Bonchev–Trinajstić information content (AvgIpc) is 2.96. The van der Waals surface area contributed by atoms with Crippen LogP contribution in [-0.4, -0.2) is 37.7 Å². The normalized spacial score (nSPS) is 30.6. The Hall–Kier alpha value is -0.770. The molecule has 0 bridgehead atoms. The average molecular weight is 281 g/mol. The van der Waals surface area contributed by atoms with Crippen LogP contribution in [0.1, 0.15) is 12.5 Å². The fourth-order valence-corrected chi connectivity index (χ4v) is 3.78. The van der Waals surface area contributed by atoms with Crippen LogP contribution in [0.25, 0.3) is 0 Å². The zero-order chi connectivity index (χ0) is 13.4. The van der Waals surface area contributed by atoms with Gasteiger partial charge in [0.05, 0.1) is 7.11 Å². The molecule has 104 valence electrons. The largest absolute Gasteiger partial charge is 0.496 e. The monoisotopic (exact) mass is 280 g/mol. The Morgan fingerprint density at radius 3 is 3.00 bits per heavy atom. The Labute approximate surface area is 119 Å². The summed E-state index contributed by atoms with van der Waals surface area (Å²) in [6.45, 7) is 6.69. The summed E-state index contributed by atoms with van der Waals surface area (Å²) >= 11 is 6.34. The second-order valence-electron chi connectivity index (χ2n) is 5.67. The minimum Gasteiger partial charge on any atom is -0.496 e. The SMILES string of the molecule is COc1cccc(Cl)c1CN1CC2CNCC2C1C. The molecule has 4 heteroatoms. The molecule has 0 aromatic heterocycles. The fourth-order valence-electron chi connectivity index (χ4n) is 3.55. The van der Waals surface area contributed by atoms with Crippen molar-refractivity contribution in [3.05, 3.63) is 28.8 Å². The van der Waals surface area contributed by atoms with Gasteiger partial charge in [0, 0.05) is 29.7 Å². The molecule has 0 radical (unpaired) electrons. The number of ether oxygens (including phenoxy) is 1. The van der Waals surface area contributed by atoms with Gasteiger partial charge in [-0.3, -0.25) is 4.90 Å². The third kappa shape index (κ3) is 2.35. The first-order valence-electron chi connectivity index (χ1n) is 6.97. The summed E-state index contributed by atoms with van der Waals surface area (Å²) in [5.41, 5.74) is 1.12. The van der Waals surface area contributed by atoms with Crippen LogP contribution >= 0.6 is 11.6 Å². The summed E-state index contributed by atoms with van der Waals surface area (Å²) in [6, 6.07) is 6.49. The van der Waals surface area contributed by atoms with E-state index in [-0.39, 0.29) is 0 Å². The Kier molecular flexibility index (Phi) is 3.70. The molecule has 2 saturated heterocycles. The van der Waals surface area contributed by atoms with Crippen molar-refractivity contribution in [3.63, 3.8) is 0 Å². The van der Waals surface area contributed by atoms with Gasteiger partial charge in [-0.15, -0.1) is 0 Å². The molecule has 0 saturated carbocycles. The highest BCUT2D eigenvalue weighted by molar-refractivity contribution is 6.31. The van der Waals surface area contributed by atoms with Crippen LogP contribution in [0.15, 0.2) is 18.2 Å². The molecule has 0 spiro atoms. The molecule has 2 aliphatic heterocycles. The maximum atomic E-state index is 6.34. The minimum absolute atomic E-state index is 0.612. The van der Waals surface area contributed by atoms with Crippen LogP contribution in [0.4, 0.5) is 0 Å². The van der Waals surface area contributed by atoms with E-state index in [2.05, 4.69) is 17.1 Å². The number of hydrogen-bond donors (Lipinski definition) is 1. The van der Waals surface area contributed by atoms with Gasteiger partial charge in [-0.25, -0.2) is 0 Å². The lowest BCUT2D eigenvalue weighted by molar-refractivity contribution is 0.228. The van der Waals surface area contributed by atoms with Crippen LogP contribution in [0.5, 0.6) is 5.75 Å². The molecule has 1 aromatic rings. The molecule has 3 unspecified atom stereocenters. The minimum atomic E-state index is 0.612. The van der Waals surface area contributed by atoms with Gasteiger partial charge < -0.3 is 10.1 Å². The van der Waals surface area contributed by atoms with Crippen molar-refractivity contribution in [1.82, 2.24) is 10.2 Å². The van der Waals surface area contributed by atoms with Gasteiger partial charge in [0.25, 0.3) is 0 Å². The van der Waals surface area contributed by atoms with Crippen molar-refractivity contribution < 1.29 is 4.74 Å². The number of rotatable bonds is 3. The van der Waals surface area contributed by atoms with Crippen molar-refractivity contribution in [2.24, 2.45) is 11.8 Å². The van der Waals surface area contributed by atoms with E-state index in [0.717, 1.165) is 54.4 Å². The highest BCUT2D eigenvalue weighted by Gasteiger charge is 2.41. The van der Waals surface area contributed by atoms with E-state index in [9.17, 15) is 0 Å². The van der Waals surface area contributed by atoms with Gasteiger partial charge in [0.1, 0.15) is 5.75 Å². The van der Waals surface area contributed by atoms with Crippen molar-refractivity contribution in [2.75, 3.05) is 26.7 Å². The third-order valence-electron chi connectivity index (χ3n) is 4.71. The number of halogens is 1.